The molecule has 136 valence electrons. The van der Waals surface area contributed by atoms with Crippen molar-refractivity contribution in [1.82, 2.24) is 9.80 Å². The largest absolute Gasteiger partial charge is 0.379 e. The number of amides is 1. The summed E-state index contributed by atoms with van der Waals surface area (Å²) in [7, 11) is 0. The minimum Gasteiger partial charge on any atom is -0.379 e. The molecule has 2 aliphatic heterocycles. The molecule has 2 aromatic carbocycles. The zero-order chi connectivity index (χ0) is 17.8. The van der Waals surface area contributed by atoms with Gasteiger partial charge in [-0.3, -0.25) is 9.69 Å². The van der Waals surface area contributed by atoms with Crippen LogP contribution in [0.5, 0.6) is 0 Å². The molecule has 0 bridgehead atoms. The molecule has 0 aliphatic carbocycles. The minimum absolute atomic E-state index is 0.237. The Labute approximate surface area is 155 Å². The standard InChI is InChI=1S/C22H26N2O2/c25-22(17-23-12-14-26-15-13-23)24-11-10-19-8-4-5-9-20(19)21(16-24)18-6-2-1-3-7-18/h1-9,21H,10-17H2/t21-/m0/s1. The molecule has 2 aromatic rings. The van der Waals surface area contributed by atoms with E-state index in [1.807, 2.05) is 6.07 Å². The summed E-state index contributed by atoms with van der Waals surface area (Å²) in [4.78, 5) is 17.3. The van der Waals surface area contributed by atoms with Crippen LogP contribution in [-0.2, 0) is 16.0 Å². The number of hydrogen-bond acceptors (Lipinski definition) is 3. The van der Waals surface area contributed by atoms with Crippen molar-refractivity contribution in [3.05, 3.63) is 71.3 Å². The van der Waals surface area contributed by atoms with Gasteiger partial charge >= 0.3 is 0 Å². The van der Waals surface area contributed by atoms with E-state index in [9.17, 15) is 4.79 Å². The van der Waals surface area contributed by atoms with Crippen LogP contribution in [0.25, 0.3) is 0 Å². The van der Waals surface area contributed by atoms with Gasteiger partial charge in [-0.25, -0.2) is 0 Å². The molecule has 26 heavy (non-hydrogen) atoms. The molecule has 0 unspecified atom stereocenters. The third-order valence-corrected chi connectivity index (χ3v) is 5.50. The Morgan fingerprint density at radius 3 is 2.50 bits per heavy atom. The Morgan fingerprint density at radius 2 is 1.69 bits per heavy atom. The monoisotopic (exact) mass is 350 g/mol. The fraction of sp³-hybridized carbons (Fsp3) is 0.409. The Hall–Kier alpha value is -2.17. The number of nitrogens with zero attached hydrogens (tertiary/aromatic N) is 2. The third-order valence-electron chi connectivity index (χ3n) is 5.50. The van der Waals surface area contributed by atoms with Crippen LogP contribution < -0.4 is 0 Å². The molecule has 1 atom stereocenters. The summed E-state index contributed by atoms with van der Waals surface area (Å²) in [6.07, 6.45) is 0.925. The summed E-state index contributed by atoms with van der Waals surface area (Å²) in [5, 5.41) is 0. The van der Waals surface area contributed by atoms with E-state index in [1.54, 1.807) is 0 Å². The van der Waals surface area contributed by atoms with Crippen molar-refractivity contribution in [2.75, 3.05) is 45.9 Å². The maximum absolute atomic E-state index is 13.0. The van der Waals surface area contributed by atoms with Gasteiger partial charge < -0.3 is 9.64 Å². The molecule has 1 amide bonds. The van der Waals surface area contributed by atoms with Crippen LogP contribution in [0.4, 0.5) is 0 Å². The lowest BCUT2D eigenvalue weighted by atomic mass is 9.88. The summed E-state index contributed by atoms with van der Waals surface area (Å²) in [6.45, 7) is 5.20. The fourth-order valence-corrected chi connectivity index (χ4v) is 4.01. The highest BCUT2D eigenvalue weighted by molar-refractivity contribution is 5.78. The Morgan fingerprint density at radius 1 is 0.962 bits per heavy atom. The molecule has 0 saturated carbocycles. The SMILES string of the molecule is O=C(CN1CCOCC1)N1CCc2ccccc2[C@H](c2ccccc2)C1. The van der Waals surface area contributed by atoms with Gasteiger partial charge in [0, 0.05) is 32.1 Å². The highest BCUT2D eigenvalue weighted by Gasteiger charge is 2.27. The molecule has 1 saturated heterocycles. The van der Waals surface area contributed by atoms with Crippen molar-refractivity contribution in [1.29, 1.82) is 0 Å². The number of carbonyl (C=O) groups is 1. The van der Waals surface area contributed by atoms with Crippen LogP contribution >= 0.6 is 0 Å². The van der Waals surface area contributed by atoms with Crippen molar-refractivity contribution in [3.63, 3.8) is 0 Å². The van der Waals surface area contributed by atoms with Crippen molar-refractivity contribution in [2.24, 2.45) is 0 Å². The lowest BCUT2D eigenvalue weighted by Gasteiger charge is -2.30. The summed E-state index contributed by atoms with van der Waals surface area (Å²) in [5.41, 5.74) is 4.01. The van der Waals surface area contributed by atoms with Crippen molar-refractivity contribution in [3.8, 4) is 0 Å². The predicted molar refractivity (Wildman–Crippen MR) is 102 cm³/mol. The highest BCUT2D eigenvalue weighted by Crippen LogP contribution is 2.31. The van der Waals surface area contributed by atoms with Crippen LogP contribution in [0.3, 0.4) is 0 Å². The van der Waals surface area contributed by atoms with E-state index in [-0.39, 0.29) is 11.8 Å². The molecule has 0 aromatic heterocycles. The molecule has 4 heteroatoms. The van der Waals surface area contributed by atoms with Gasteiger partial charge in [-0.05, 0) is 23.1 Å². The number of rotatable bonds is 3. The van der Waals surface area contributed by atoms with Crippen molar-refractivity contribution in [2.45, 2.75) is 12.3 Å². The Kier molecular flexibility index (Phi) is 5.32. The predicted octanol–water partition coefficient (Wildman–Crippen LogP) is 2.54. The highest BCUT2D eigenvalue weighted by atomic mass is 16.5. The lowest BCUT2D eigenvalue weighted by molar-refractivity contribution is -0.133. The van der Waals surface area contributed by atoms with E-state index >= 15 is 0 Å². The lowest BCUT2D eigenvalue weighted by Crippen LogP contribution is -2.45. The number of carbonyl (C=O) groups excluding carboxylic acids is 1. The zero-order valence-electron chi connectivity index (χ0n) is 15.1. The van der Waals surface area contributed by atoms with Gasteiger partial charge in [0.25, 0.3) is 0 Å². The molecule has 2 aliphatic rings. The summed E-state index contributed by atoms with van der Waals surface area (Å²) >= 11 is 0. The quantitative estimate of drug-likeness (QED) is 0.853. The molecule has 4 rings (SSSR count). The van der Waals surface area contributed by atoms with E-state index in [1.165, 1.54) is 16.7 Å². The average molecular weight is 350 g/mol. The number of morpholine rings is 1. The minimum atomic E-state index is 0.237. The van der Waals surface area contributed by atoms with E-state index in [4.69, 9.17) is 4.74 Å². The van der Waals surface area contributed by atoms with E-state index in [0.29, 0.717) is 6.54 Å². The van der Waals surface area contributed by atoms with Crippen molar-refractivity contribution < 1.29 is 9.53 Å². The molecule has 0 N–H and O–H groups in total. The first-order valence-electron chi connectivity index (χ1n) is 9.52. The number of hydrogen-bond donors (Lipinski definition) is 0. The summed E-state index contributed by atoms with van der Waals surface area (Å²) in [5.74, 6) is 0.476. The fourth-order valence-electron chi connectivity index (χ4n) is 4.01. The molecular weight excluding hydrogens is 324 g/mol. The normalized spacial score (nSPS) is 21.1. The first kappa shape index (κ1) is 17.3. The van der Waals surface area contributed by atoms with Gasteiger partial charge in [0.2, 0.25) is 5.91 Å². The van der Waals surface area contributed by atoms with Crippen LogP contribution in [0.15, 0.2) is 54.6 Å². The molecule has 0 radical (unpaired) electrons. The molecule has 2 heterocycles. The molecule has 0 spiro atoms. The molecular formula is C22H26N2O2. The van der Waals surface area contributed by atoms with Gasteiger partial charge in [-0.2, -0.15) is 0 Å². The summed E-state index contributed by atoms with van der Waals surface area (Å²) in [6, 6.07) is 19.2. The summed E-state index contributed by atoms with van der Waals surface area (Å²) < 4.78 is 5.40. The topological polar surface area (TPSA) is 32.8 Å². The maximum Gasteiger partial charge on any atom is 0.236 e. The molecule has 4 nitrogen and oxygen atoms in total. The van der Waals surface area contributed by atoms with E-state index in [0.717, 1.165) is 45.8 Å². The third kappa shape index (κ3) is 3.81. The second kappa shape index (κ2) is 8.02. The van der Waals surface area contributed by atoms with Crippen LogP contribution in [-0.4, -0.2) is 61.6 Å². The first-order chi connectivity index (χ1) is 12.8. The second-order valence-corrected chi connectivity index (χ2v) is 7.14. The van der Waals surface area contributed by atoms with Crippen molar-refractivity contribution >= 4 is 5.91 Å². The number of benzene rings is 2. The zero-order valence-corrected chi connectivity index (χ0v) is 15.1. The van der Waals surface area contributed by atoms with Gasteiger partial charge in [0.15, 0.2) is 0 Å². The number of fused-ring (bicyclic) bond motifs is 1. The Balaban J connectivity index is 1.56. The van der Waals surface area contributed by atoms with Crippen LogP contribution in [0.1, 0.15) is 22.6 Å². The van der Waals surface area contributed by atoms with Crippen LogP contribution in [0, 0.1) is 0 Å². The van der Waals surface area contributed by atoms with E-state index < -0.39 is 0 Å². The van der Waals surface area contributed by atoms with Gasteiger partial charge in [-0.1, -0.05) is 54.6 Å². The van der Waals surface area contributed by atoms with Crippen LogP contribution in [0.2, 0.25) is 0 Å². The maximum atomic E-state index is 13.0. The van der Waals surface area contributed by atoms with Gasteiger partial charge in [0.1, 0.15) is 0 Å². The van der Waals surface area contributed by atoms with Gasteiger partial charge in [0.05, 0.1) is 19.8 Å². The molecule has 1 fully saturated rings. The second-order valence-electron chi connectivity index (χ2n) is 7.14. The van der Waals surface area contributed by atoms with E-state index in [2.05, 4.69) is 58.3 Å². The smallest absolute Gasteiger partial charge is 0.236 e. The Bertz CT molecular complexity index is 741. The number of ether oxygens (including phenoxy) is 1. The average Bonchev–Trinajstić information content (AvgIpc) is 2.89. The van der Waals surface area contributed by atoms with Gasteiger partial charge in [-0.15, -0.1) is 0 Å². The first-order valence-corrected chi connectivity index (χ1v) is 9.52.